The van der Waals surface area contributed by atoms with E-state index in [1.54, 1.807) is 23.1 Å². The molecule has 5 rings (SSSR count). The monoisotopic (exact) mass is 425 g/mol. The van der Waals surface area contributed by atoms with Crippen LogP contribution in [0, 0.1) is 0 Å². The average molecular weight is 426 g/mol. The zero-order chi connectivity index (χ0) is 20.7. The molecule has 1 N–H and O–H groups in total. The minimum atomic E-state index is -3.62. The standard InChI is InChI=1S/C23H27N3O3S/c27-23(24-19-7-2-1-3-8-19)25-14-12-18-16-20(10-11-21(18)25)30(28,29)26-15-13-17-6-4-5-9-22(17)26/h4-6,9-11,16,19H,1-3,7-8,12-15H2,(H,24,27). The molecular weight excluding hydrogens is 398 g/mol. The van der Waals surface area contributed by atoms with Crippen molar-refractivity contribution in [2.45, 2.75) is 55.9 Å². The molecule has 0 radical (unpaired) electrons. The Balaban J connectivity index is 1.37. The molecule has 0 unspecified atom stereocenters. The van der Waals surface area contributed by atoms with Crippen molar-refractivity contribution in [3.8, 4) is 0 Å². The van der Waals surface area contributed by atoms with Crippen molar-refractivity contribution in [1.82, 2.24) is 5.32 Å². The molecule has 1 fully saturated rings. The van der Waals surface area contributed by atoms with Crippen LogP contribution >= 0.6 is 0 Å². The number of rotatable bonds is 3. The number of para-hydroxylation sites is 1. The molecule has 2 aromatic rings. The van der Waals surface area contributed by atoms with E-state index in [2.05, 4.69) is 5.32 Å². The van der Waals surface area contributed by atoms with E-state index in [9.17, 15) is 13.2 Å². The molecule has 3 aliphatic rings. The van der Waals surface area contributed by atoms with Crippen molar-refractivity contribution in [3.63, 3.8) is 0 Å². The fraction of sp³-hybridized carbons (Fsp3) is 0.435. The lowest BCUT2D eigenvalue weighted by molar-refractivity contribution is 0.238. The summed E-state index contributed by atoms with van der Waals surface area (Å²) in [6, 6.07) is 13.0. The van der Waals surface area contributed by atoms with Crippen molar-refractivity contribution < 1.29 is 13.2 Å². The van der Waals surface area contributed by atoms with E-state index in [0.717, 1.165) is 41.8 Å². The number of urea groups is 1. The molecule has 0 spiro atoms. The Morgan fingerprint density at radius 2 is 1.67 bits per heavy atom. The van der Waals surface area contributed by atoms with E-state index in [1.807, 2.05) is 24.3 Å². The van der Waals surface area contributed by atoms with Crippen LogP contribution in [0.25, 0.3) is 0 Å². The van der Waals surface area contributed by atoms with Crippen LogP contribution in [0.15, 0.2) is 47.4 Å². The second kappa shape index (κ2) is 7.61. The van der Waals surface area contributed by atoms with Gasteiger partial charge in [-0.25, -0.2) is 13.2 Å². The number of fused-ring (bicyclic) bond motifs is 2. The number of carbonyl (C=O) groups is 1. The van der Waals surface area contributed by atoms with Gasteiger partial charge in [-0.2, -0.15) is 0 Å². The van der Waals surface area contributed by atoms with Crippen LogP contribution in [0.5, 0.6) is 0 Å². The minimum absolute atomic E-state index is 0.0651. The molecule has 30 heavy (non-hydrogen) atoms. The second-order valence-electron chi connectivity index (χ2n) is 8.43. The number of benzene rings is 2. The Labute approximate surface area is 177 Å². The number of anilines is 2. The van der Waals surface area contributed by atoms with E-state index >= 15 is 0 Å². The smallest absolute Gasteiger partial charge is 0.322 e. The van der Waals surface area contributed by atoms with Crippen LogP contribution in [0.2, 0.25) is 0 Å². The van der Waals surface area contributed by atoms with E-state index in [0.29, 0.717) is 24.4 Å². The van der Waals surface area contributed by atoms with Crippen molar-refractivity contribution in [1.29, 1.82) is 0 Å². The third kappa shape index (κ3) is 3.35. The Kier molecular flexibility index (Phi) is 4.93. The number of hydrogen-bond donors (Lipinski definition) is 1. The molecule has 6 nitrogen and oxygen atoms in total. The summed E-state index contributed by atoms with van der Waals surface area (Å²) in [6.45, 7) is 1.05. The largest absolute Gasteiger partial charge is 0.335 e. The Morgan fingerprint density at radius 1 is 0.900 bits per heavy atom. The first-order chi connectivity index (χ1) is 14.5. The summed E-state index contributed by atoms with van der Waals surface area (Å²) in [5.74, 6) is 0. The molecule has 0 saturated heterocycles. The van der Waals surface area contributed by atoms with Gasteiger partial charge in [0.25, 0.3) is 10.0 Å². The highest BCUT2D eigenvalue weighted by molar-refractivity contribution is 7.92. The van der Waals surface area contributed by atoms with Gasteiger partial charge in [-0.15, -0.1) is 0 Å². The van der Waals surface area contributed by atoms with Crippen LogP contribution < -0.4 is 14.5 Å². The highest BCUT2D eigenvalue weighted by Crippen LogP contribution is 2.35. The normalized spacial score (nSPS) is 18.9. The van der Waals surface area contributed by atoms with Gasteiger partial charge in [0.2, 0.25) is 0 Å². The predicted octanol–water partition coefficient (Wildman–Crippen LogP) is 3.84. The molecule has 2 heterocycles. The maximum Gasteiger partial charge on any atom is 0.322 e. The molecule has 1 saturated carbocycles. The number of nitrogens with one attached hydrogen (secondary N) is 1. The fourth-order valence-corrected chi connectivity index (χ4v) is 6.49. The van der Waals surface area contributed by atoms with Gasteiger partial charge in [0.05, 0.1) is 10.6 Å². The average Bonchev–Trinajstić information content (AvgIpc) is 3.38. The molecule has 1 aliphatic carbocycles. The second-order valence-corrected chi connectivity index (χ2v) is 10.3. The third-order valence-electron chi connectivity index (χ3n) is 6.56. The molecule has 0 bridgehead atoms. The van der Waals surface area contributed by atoms with Gasteiger partial charge in [-0.1, -0.05) is 37.5 Å². The SMILES string of the molecule is O=C(NC1CCCCC1)N1CCc2cc(S(=O)(=O)N3CCc4ccccc43)ccc21. The van der Waals surface area contributed by atoms with Crippen LogP contribution in [0.1, 0.15) is 43.2 Å². The fourth-order valence-electron chi connectivity index (χ4n) is 4.93. The maximum absolute atomic E-state index is 13.3. The van der Waals surface area contributed by atoms with Crippen LogP contribution in [0.3, 0.4) is 0 Å². The van der Waals surface area contributed by atoms with E-state index in [-0.39, 0.29) is 12.1 Å². The quantitative estimate of drug-likeness (QED) is 0.812. The van der Waals surface area contributed by atoms with Crippen LogP contribution in [-0.4, -0.2) is 33.6 Å². The van der Waals surface area contributed by atoms with Gasteiger partial charge in [-0.3, -0.25) is 9.21 Å². The first-order valence-corrected chi connectivity index (χ1v) is 12.3. The van der Waals surface area contributed by atoms with Gasteiger partial charge in [0.15, 0.2) is 0 Å². The number of hydrogen-bond acceptors (Lipinski definition) is 3. The van der Waals surface area contributed by atoms with Gasteiger partial charge < -0.3 is 5.32 Å². The van der Waals surface area contributed by atoms with Gasteiger partial charge in [0, 0.05) is 24.8 Å². The highest BCUT2D eigenvalue weighted by atomic mass is 32.2. The topological polar surface area (TPSA) is 69.7 Å². The van der Waals surface area contributed by atoms with Crippen molar-refractivity contribution in [2.24, 2.45) is 0 Å². The molecule has 2 aromatic carbocycles. The molecule has 158 valence electrons. The molecule has 2 amide bonds. The van der Waals surface area contributed by atoms with Crippen LogP contribution in [-0.2, 0) is 22.9 Å². The number of carbonyl (C=O) groups excluding carboxylic acids is 1. The summed E-state index contributed by atoms with van der Waals surface area (Å²) in [5, 5.41) is 3.16. The summed E-state index contributed by atoms with van der Waals surface area (Å²) >= 11 is 0. The third-order valence-corrected chi connectivity index (χ3v) is 8.37. The summed E-state index contributed by atoms with van der Waals surface area (Å²) in [6.07, 6.45) is 7.08. The zero-order valence-electron chi connectivity index (χ0n) is 17.0. The van der Waals surface area contributed by atoms with Gasteiger partial charge in [-0.05, 0) is 61.1 Å². The summed E-state index contributed by atoms with van der Waals surface area (Å²) in [7, 11) is -3.62. The Morgan fingerprint density at radius 3 is 2.50 bits per heavy atom. The molecular formula is C23H27N3O3S. The van der Waals surface area contributed by atoms with Crippen molar-refractivity contribution in [3.05, 3.63) is 53.6 Å². The number of sulfonamides is 1. The van der Waals surface area contributed by atoms with Crippen LogP contribution in [0.4, 0.5) is 16.2 Å². The number of nitrogens with zero attached hydrogens (tertiary/aromatic N) is 2. The summed E-state index contributed by atoms with van der Waals surface area (Å²) in [5.41, 5.74) is 3.57. The predicted molar refractivity (Wildman–Crippen MR) is 118 cm³/mol. The van der Waals surface area contributed by atoms with E-state index < -0.39 is 10.0 Å². The molecule has 0 atom stereocenters. The van der Waals surface area contributed by atoms with E-state index in [1.165, 1.54) is 23.6 Å². The zero-order valence-corrected chi connectivity index (χ0v) is 17.8. The molecule has 0 aromatic heterocycles. The van der Waals surface area contributed by atoms with Crippen molar-refractivity contribution in [2.75, 3.05) is 22.3 Å². The summed E-state index contributed by atoms with van der Waals surface area (Å²) in [4.78, 5) is 14.8. The van der Waals surface area contributed by atoms with Gasteiger partial charge in [0.1, 0.15) is 0 Å². The molecule has 7 heteroatoms. The maximum atomic E-state index is 13.3. The lowest BCUT2D eigenvalue weighted by Gasteiger charge is -2.26. The minimum Gasteiger partial charge on any atom is -0.335 e. The van der Waals surface area contributed by atoms with Gasteiger partial charge >= 0.3 is 6.03 Å². The lowest BCUT2D eigenvalue weighted by Crippen LogP contribution is -2.45. The first-order valence-electron chi connectivity index (χ1n) is 10.9. The Hall–Kier alpha value is -2.54. The lowest BCUT2D eigenvalue weighted by atomic mass is 9.96. The number of amides is 2. The summed E-state index contributed by atoms with van der Waals surface area (Å²) < 4.78 is 28.1. The first kappa shape index (κ1) is 19.4. The molecule has 2 aliphatic heterocycles. The highest BCUT2D eigenvalue weighted by Gasteiger charge is 2.33. The Bertz CT molecular complexity index is 1080. The van der Waals surface area contributed by atoms with Crippen molar-refractivity contribution >= 4 is 27.4 Å². The van der Waals surface area contributed by atoms with E-state index in [4.69, 9.17) is 0 Å².